The minimum absolute atomic E-state index is 0.260. The summed E-state index contributed by atoms with van der Waals surface area (Å²) in [5.74, 6) is 0.260. The molecule has 0 saturated carbocycles. The number of piperidine rings is 1. The zero-order chi connectivity index (χ0) is 15.1. The second-order valence-electron chi connectivity index (χ2n) is 6.07. The average Bonchev–Trinajstić information content (AvgIpc) is 3.22. The number of Topliss-reactive ketones (excluding diaryl/α,β-unsaturated/α-hetero) is 1. The highest BCUT2D eigenvalue weighted by atomic mass is 32.1. The zero-order valence-electron chi connectivity index (χ0n) is 12.4. The molecule has 2 unspecified atom stereocenters. The van der Waals surface area contributed by atoms with Gasteiger partial charge in [0.05, 0.1) is 18.2 Å². The number of thiophene rings is 2. The third-order valence-electron chi connectivity index (χ3n) is 4.85. The van der Waals surface area contributed by atoms with Crippen molar-refractivity contribution in [1.82, 2.24) is 0 Å². The van der Waals surface area contributed by atoms with Crippen LogP contribution in [0.1, 0.15) is 24.0 Å². The quantitative estimate of drug-likeness (QED) is 0.841. The van der Waals surface area contributed by atoms with Gasteiger partial charge in [-0.25, -0.2) is 0 Å². The van der Waals surface area contributed by atoms with Gasteiger partial charge in [0.1, 0.15) is 12.1 Å². The largest absolute Gasteiger partial charge is 0.325 e. The first-order valence-corrected chi connectivity index (χ1v) is 9.48. The van der Waals surface area contributed by atoms with Crippen LogP contribution < -0.4 is 4.90 Å². The molecule has 2 aromatic heterocycles. The van der Waals surface area contributed by atoms with E-state index in [0.29, 0.717) is 12.1 Å². The second-order valence-corrected chi connectivity index (χ2v) is 7.63. The molecule has 0 radical (unpaired) electrons. The first-order valence-electron chi connectivity index (χ1n) is 7.59. The Bertz CT molecular complexity index is 678. The van der Waals surface area contributed by atoms with Gasteiger partial charge in [0.15, 0.2) is 5.78 Å². The van der Waals surface area contributed by atoms with Crippen LogP contribution >= 0.6 is 22.7 Å². The number of carbonyl (C=O) groups is 1. The molecule has 2 aromatic rings. The van der Waals surface area contributed by atoms with Crippen LogP contribution in [0.4, 0.5) is 0 Å². The molecule has 2 bridgehead atoms. The van der Waals surface area contributed by atoms with Crippen molar-refractivity contribution in [2.24, 2.45) is 0 Å². The maximum atomic E-state index is 13.0. The zero-order valence-corrected chi connectivity index (χ0v) is 14.0. The highest BCUT2D eigenvalue weighted by Crippen LogP contribution is 2.31. The van der Waals surface area contributed by atoms with Gasteiger partial charge in [-0.1, -0.05) is 0 Å². The topological polar surface area (TPSA) is 21.5 Å². The van der Waals surface area contributed by atoms with Crippen LogP contribution in [0.5, 0.6) is 0 Å². The molecule has 2 saturated heterocycles. The van der Waals surface area contributed by atoms with Crippen LogP contribution in [-0.2, 0) is 4.79 Å². The van der Waals surface area contributed by atoms with Crippen molar-refractivity contribution in [3.8, 4) is 0 Å². The van der Waals surface area contributed by atoms with Crippen LogP contribution in [0.25, 0.3) is 12.2 Å². The summed E-state index contributed by atoms with van der Waals surface area (Å²) in [6.45, 7) is 0. The van der Waals surface area contributed by atoms with E-state index in [1.807, 2.05) is 0 Å². The predicted octanol–water partition coefficient (Wildman–Crippen LogP) is 2.91. The Morgan fingerprint density at radius 3 is 1.91 bits per heavy atom. The SMILES string of the molecule is C[NH+]1C2CCC1C(=Cc1ccsc1)C(=O)C2=Cc1ccsc1. The smallest absolute Gasteiger partial charge is 0.196 e. The lowest BCUT2D eigenvalue weighted by molar-refractivity contribution is -0.906. The number of rotatable bonds is 2. The number of quaternary nitrogens is 1. The molecule has 0 spiro atoms. The Morgan fingerprint density at radius 2 is 1.50 bits per heavy atom. The minimum atomic E-state index is 0.260. The molecule has 4 heteroatoms. The van der Waals surface area contributed by atoms with E-state index in [1.54, 1.807) is 22.7 Å². The van der Waals surface area contributed by atoms with Gasteiger partial charge >= 0.3 is 0 Å². The monoisotopic (exact) mass is 328 g/mol. The van der Waals surface area contributed by atoms with Crippen molar-refractivity contribution in [3.63, 3.8) is 0 Å². The van der Waals surface area contributed by atoms with Gasteiger partial charge in [-0.2, -0.15) is 22.7 Å². The summed E-state index contributed by atoms with van der Waals surface area (Å²) in [5.41, 5.74) is 4.29. The summed E-state index contributed by atoms with van der Waals surface area (Å²) < 4.78 is 0. The molecule has 0 amide bonds. The van der Waals surface area contributed by atoms with E-state index in [-0.39, 0.29) is 5.78 Å². The summed E-state index contributed by atoms with van der Waals surface area (Å²) >= 11 is 3.36. The molecular formula is C18H18NOS2+. The van der Waals surface area contributed by atoms with Crippen LogP contribution in [-0.4, -0.2) is 24.9 Å². The minimum Gasteiger partial charge on any atom is -0.325 e. The molecule has 2 aliphatic heterocycles. The van der Waals surface area contributed by atoms with Crippen molar-refractivity contribution < 1.29 is 9.69 Å². The van der Waals surface area contributed by atoms with Gasteiger partial charge in [-0.15, -0.1) is 0 Å². The van der Waals surface area contributed by atoms with Crippen LogP contribution in [0.15, 0.2) is 44.8 Å². The van der Waals surface area contributed by atoms with E-state index in [2.05, 4.69) is 52.9 Å². The molecule has 112 valence electrons. The van der Waals surface area contributed by atoms with E-state index < -0.39 is 0 Å². The second kappa shape index (κ2) is 5.61. The lowest BCUT2D eigenvalue weighted by atomic mass is 9.89. The molecule has 4 rings (SSSR count). The molecular weight excluding hydrogens is 310 g/mol. The Morgan fingerprint density at radius 1 is 1.00 bits per heavy atom. The lowest BCUT2D eigenvalue weighted by Crippen LogP contribution is -3.16. The van der Waals surface area contributed by atoms with E-state index in [1.165, 1.54) is 4.90 Å². The van der Waals surface area contributed by atoms with E-state index in [0.717, 1.165) is 35.1 Å². The van der Waals surface area contributed by atoms with Gasteiger partial charge in [0, 0.05) is 12.8 Å². The fourth-order valence-electron chi connectivity index (χ4n) is 3.72. The van der Waals surface area contributed by atoms with E-state index in [9.17, 15) is 4.79 Å². The Kier molecular flexibility index (Phi) is 3.60. The number of fused-ring (bicyclic) bond motifs is 2. The maximum absolute atomic E-state index is 13.0. The standard InChI is InChI=1S/C18H17NOS2/c1-19-16-2-3-17(19)15(9-13-5-7-22-11-13)18(20)14(16)8-12-4-6-21-10-12/h4-11,16-17H,2-3H2,1H3/p+1. The van der Waals surface area contributed by atoms with Gasteiger partial charge in [-0.05, 0) is 56.9 Å². The van der Waals surface area contributed by atoms with Gasteiger partial charge in [-0.3, -0.25) is 4.79 Å². The Labute approximate surface area is 138 Å². The van der Waals surface area contributed by atoms with Crippen molar-refractivity contribution in [2.75, 3.05) is 7.05 Å². The Hall–Kier alpha value is -1.49. The normalized spacial score (nSPS) is 31.3. The van der Waals surface area contributed by atoms with Crippen LogP contribution in [0, 0.1) is 0 Å². The van der Waals surface area contributed by atoms with Crippen LogP contribution in [0.2, 0.25) is 0 Å². The molecule has 0 aromatic carbocycles. The van der Waals surface area contributed by atoms with Gasteiger partial charge < -0.3 is 4.90 Å². The number of nitrogens with one attached hydrogen (secondary N) is 1. The summed E-state index contributed by atoms with van der Waals surface area (Å²) in [4.78, 5) is 14.5. The molecule has 2 atom stereocenters. The van der Waals surface area contributed by atoms with Crippen LogP contribution in [0.3, 0.4) is 0 Å². The molecule has 0 aliphatic carbocycles. The number of likely N-dealkylation sites (N-methyl/N-ethyl adjacent to an activating group) is 1. The molecule has 2 nitrogen and oxygen atoms in total. The lowest BCUT2D eigenvalue weighted by Gasteiger charge is -2.31. The molecule has 4 heterocycles. The third-order valence-corrected chi connectivity index (χ3v) is 6.25. The first-order chi connectivity index (χ1) is 10.7. The fourth-order valence-corrected chi connectivity index (χ4v) is 4.96. The van der Waals surface area contributed by atoms with Gasteiger partial charge in [0.2, 0.25) is 0 Å². The molecule has 22 heavy (non-hydrogen) atoms. The highest BCUT2D eigenvalue weighted by Gasteiger charge is 2.48. The molecule has 2 aliphatic rings. The summed E-state index contributed by atoms with van der Waals surface area (Å²) in [6.07, 6.45) is 6.43. The number of ketones is 1. The summed E-state index contributed by atoms with van der Waals surface area (Å²) in [5, 5.41) is 8.35. The first kappa shape index (κ1) is 14.1. The molecule has 1 N–H and O–H groups in total. The fraction of sp³-hybridized carbons (Fsp3) is 0.278. The number of carbonyl (C=O) groups excluding carboxylic acids is 1. The van der Waals surface area contributed by atoms with Gasteiger partial charge in [0.25, 0.3) is 0 Å². The third kappa shape index (κ3) is 2.32. The average molecular weight is 328 g/mol. The van der Waals surface area contributed by atoms with Crippen molar-refractivity contribution in [2.45, 2.75) is 24.9 Å². The predicted molar refractivity (Wildman–Crippen MR) is 93.3 cm³/mol. The highest BCUT2D eigenvalue weighted by molar-refractivity contribution is 7.08. The Balaban J connectivity index is 1.79. The van der Waals surface area contributed by atoms with Crippen molar-refractivity contribution >= 4 is 40.6 Å². The summed E-state index contributed by atoms with van der Waals surface area (Å²) in [7, 11) is 2.23. The number of hydrogen-bond donors (Lipinski definition) is 1. The van der Waals surface area contributed by atoms with Crippen molar-refractivity contribution in [3.05, 3.63) is 55.9 Å². The summed E-state index contributed by atoms with van der Waals surface area (Å²) in [6, 6.07) is 4.89. The number of hydrogen-bond acceptors (Lipinski definition) is 3. The maximum Gasteiger partial charge on any atom is 0.196 e. The molecule has 2 fully saturated rings. The van der Waals surface area contributed by atoms with Crippen molar-refractivity contribution in [1.29, 1.82) is 0 Å². The van der Waals surface area contributed by atoms with E-state index in [4.69, 9.17) is 0 Å². The van der Waals surface area contributed by atoms with E-state index >= 15 is 0 Å².